The summed E-state index contributed by atoms with van der Waals surface area (Å²) in [5.41, 5.74) is 0.483. The van der Waals surface area contributed by atoms with Gasteiger partial charge in [-0.05, 0) is 15.9 Å². The Kier molecular flexibility index (Phi) is 4.04. The Hall–Kier alpha value is 0.0200. The highest BCUT2D eigenvalue weighted by molar-refractivity contribution is 9.09. The number of hydrogen-bond acceptors (Lipinski definition) is 1. The Morgan fingerprint density at radius 2 is 2.60 bits per heavy atom. The third-order valence-electron chi connectivity index (χ3n) is 0.157. The van der Waals surface area contributed by atoms with Crippen molar-refractivity contribution in [2.45, 2.75) is 0 Å². The van der Waals surface area contributed by atoms with Gasteiger partial charge in [0.2, 0.25) is 0 Å². The first-order valence-corrected chi connectivity index (χ1v) is 2.24. The Balaban J connectivity index is 2.40. The Morgan fingerprint density at radius 3 is 2.60 bits per heavy atom. The highest BCUT2D eigenvalue weighted by Gasteiger charge is 1.59. The summed E-state index contributed by atoms with van der Waals surface area (Å²) < 4.78 is 4.39. The Morgan fingerprint density at radius 1 is 2.00 bits per heavy atom. The van der Waals surface area contributed by atoms with Crippen LogP contribution in [0.1, 0.15) is 0 Å². The summed E-state index contributed by atoms with van der Waals surface area (Å²) in [4.78, 5) is 0. The van der Waals surface area contributed by atoms with Gasteiger partial charge in [-0.15, -0.1) is 0 Å². The van der Waals surface area contributed by atoms with Crippen LogP contribution in [0.3, 0.4) is 0 Å². The molecule has 0 aliphatic rings. The van der Waals surface area contributed by atoms with Crippen LogP contribution >= 0.6 is 15.9 Å². The van der Waals surface area contributed by atoms with Crippen molar-refractivity contribution < 1.29 is 4.74 Å². The molecule has 0 aliphatic carbocycles. The van der Waals surface area contributed by atoms with E-state index in [0.717, 1.165) is 0 Å². The smallest absolute Gasteiger partial charge is 0.154 e. The molecule has 2 heteroatoms. The molecule has 0 aromatic carbocycles. The molecular weight excluding hydrogens is 132 g/mol. The van der Waals surface area contributed by atoms with Gasteiger partial charge < -0.3 is 4.74 Å². The molecular formula is C3H4BrO. The first-order chi connectivity index (χ1) is 2.41. The van der Waals surface area contributed by atoms with Gasteiger partial charge in [-0.3, -0.25) is 0 Å². The van der Waals surface area contributed by atoms with Crippen LogP contribution in [0.2, 0.25) is 0 Å². The summed E-state index contributed by atoms with van der Waals surface area (Å²) in [6, 6.07) is 0. The van der Waals surface area contributed by atoms with E-state index in [1.807, 2.05) is 0 Å². The normalized spacial score (nSPS) is 6.60. The fourth-order valence-corrected chi connectivity index (χ4v) is 0.200. The molecule has 5 heavy (non-hydrogen) atoms. The van der Waals surface area contributed by atoms with E-state index in [0.29, 0.717) is 5.52 Å². The molecule has 0 aliphatic heterocycles. The highest BCUT2D eigenvalue weighted by atomic mass is 79.9. The van der Waals surface area contributed by atoms with Crippen molar-refractivity contribution in [2.24, 2.45) is 0 Å². The monoisotopic (exact) mass is 135 g/mol. The van der Waals surface area contributed by atoms with Crippen LogP contribution in [0.25, 0.3) is 0 Å². The molecule has 0 amide bonds. The van der Waals surface area contributed by atoms with Crippen LogP contribution in [0.5, 0.6) is 0 Å². The topological polar surface area (TPSA) is 9.23 Å². The summed E-state index contributed by atoms with van der Waals surface area (Å²) in [5, 5.41) is 0. The van der Waals surface area contributed by atoms with Gasteiger partial charge in [0.1, 0.15) is 5.52 Å². The third-order valence-corrected chi connectivity index (χ3v) is 0.386. The minimum absolute atomic E-state index is 0.483. The van der Waals surface area contributed by atoms with Crippen molar-refractivity contribution in [3.8, 4) is 0 Å². The van der Waals surface area contributed by atoms with Gasteiger partial charge in [0, 0.05) is 0 Å². The van der Waals surface area contributed by atoms with E-state index in [9.17, 15) is 0 Å². The standard InChI is InChI=1S/C3H4BrO/c1-2-5-3-4/h1,3H2. The first kappa shape index (κ1) is 5.02. The maximum atomic E-state index is 4.39. The van der Waals surface area contributed by atoms with Crippen LogP contribution in [0.15, 0.2) is 6.58 Å². The SMILES string of the molecule is C=[C]OCBr. The number of rotatable bonds is 2. The Labute approximate surface area is 39.8 Å². The number of hydrogen-bond donors (Lipinski definition) is 0. The summed E-state index contributed by atoms with van der Waals surface area (Å²) >= 11 is 2.98. The Bertz CT molecular complexity index is 28.1. The van der Waals surface area contributed by atoms with Crippen molar-refractivity contribution >= 4 is 15.9 Å². The number of halogens is 1. The van der Waals surface area contributed by atoms with Gasteiger partial charge in [-0.2, -0.15) is 0 Å². The number of ether oxygens (including phenoxy) is 1. The molecule has 0 fully saturated rings. The van der Waals surface area contributed by atoms with E-state index in [1.165, 1.54) is 0 Å². The fourth-order valence-electron chi connectivity index (χ4n) is 0.0386. The summed E-state index contributed by atoms with van der Waals surface area (Å²) in [5.74, 6) is 0. The number of alkyl halides is 1. The van der Waals surface area contributed by atoms with Crippen LogP contribution in [-0.2, 0) is 4.74 Å². The second-order valence-electron chi connectivity index (χ2n) is 0.398. The van der Waals surface area contributed by atoms with Crippen LogP contribution in [-0.4, -0.2) is 5.52 Å². The average Bonchev–Trinajstić information content (AvgIpc) is 1.41. The molecule has 0 spiro atoms. The lowest BCUT2D eigenvalue weighted by atomic mass is 11.2. The molecule has 0 aromatic rings. The predicted molar refractivity (Wildman–Crippen MR) is 23.7 cm³/mol. The second kappa shape index (κ2) is 4.02. The minimum atomic E-state index is 0.483. The molecule has 0 rings (SSSR count). The van der Waals surface area contributed by atoms with Crippen molar-refractivity contribution in [1.82, 2.24) is 0 Å². The quantitative estimate of drug-likeness (QED) is 0.410. The van der Waals surface area contributed by atoms with Crippen molar-refractivity contribution in [1.29, 1.82) is 0 Å². The average molecular weight is 136 g/mol. The lowest BCUT2D eigenvalue weighted by Gasteiger charge is -1.80. The van der Waals surface area contributed by atoms with Gasteiger partial charge in [0.25, 0.3) is 0 Å². The van der Waals surface area contributed by atoms with E-state index in [4.69, 9.17) is 0 Å². The zero-order chi connectivity index (χ0) is 4.12. The lowest BCUT2D eigenvalue weighted by Crippen LogP contribution is -1.67. The second-order valence-corrected chi connectivity index (χ2v) is 0.856. The van der Waals surface area contributed by atoms with Crippen molar-refractivity contribution in [3.63, 3.8) is 0 Å². The summed E-state index contributed by atoms with van der Waals surface area (Å²) in [7, 11) is 0. The molecule has 29 valence electrons. The maximum Gasteiger partial charge on any atom is 0.154 e. The van der Waals surface area contributed by atoms with E-state index < -0.39 is 0 Å². The molecule has 0 saturated carbocycles. The third kappa shape index (κ3) is 4.02. The van der Waals surface area contributed by atoms with Crippen LogP contribution in [0, 0.1) is 6.26 Å². The molecule has 0 aromatic heterocycles. The molecule has 0 N–H and O–H groups in total. The van der Waals surface area contributed by atoms with Crippen LogP contribution < -0.4 is 0 Å². The van der Waals surface area contributed by atoms with E-state index in [1.54, 1.807) is 0 Å². The molecule has 0 unspecified atom stereocenters. The maximum absolute atomic E-state index is 4.39. The van der Waals surface area contributed by atoms with Crippen LogP contribution in [0.4, 0.5) is 0 Å². The summed E-state index contributed by atoms with van der Waals surface area (Å²) in [6.07, 6.45) is 2.22. The first-order valence-electron chi connectivity index (χ1n) is 1.11. The fraction of sp³-hybridized carbons (Fsp3) is 0.333. The van der Waals surface area contributed by atoms with E-state index in [2.05, 4.69) is 33.5 Å². The van der Waals surface area contributed by atoms with Gasteiger partial charge in [-0.25, -0.2) is 0 Å². The molecule has 0 atom stereocenters. The zero-order valence-electron chi connectivity index (χ0n) is 2.70. The lowest BCUT2D eigenvalue weighted by molar-refractivity contribution is 0.299. The molecule has 0 bridgehead atoms. The van der Waals surface area contributed by atoms with Gasteiger partial charge in [0.05, 0.1) is 0 Å². The summed E-state index contributed by atoms with van der Waals surface area (Å²) in [6.45, 7) is 3.17. The molecule has 0 heterocycles. The minimum Gasteiger partial charge on any atom is -0.479 e. The van der Waals surface area contributed by atoms with E-state index >= 15 is 0 Å². The van der Waals surface area contributed by atoms with Gasteiger partial charge in [0.15, 0.2) is 6.26 Å². The van der Waals surface area contributed by atoms with Gasteiger partial charge in [-0.1, -0.05) is 6.58 Å². The molecule has 1 nitrogen and oxygen atoms in total. The predicted octanol–water partition coefficient (Wildman–Crippen LogP) is 1.30. The van der Waals surface area contributed by atoms with Crippen molar-refractivity contribution in [2.75, 3.05) is 5.52 Å². The largest absolute Gasteiger partial charge is 0.479 e. The molecule has 1 radical (unpaired) electrons. The van der Waals surface area contributed by atoms with Crippen molar-refractivity contribution in [3.05, 3.63) is 12.8 Å². The molecule has 0 saturated heterocycles. The van der Waals surface area contributed by atoms with Gasteiger partial charge >= 0.3 is 0 Å². The zero-order valence-corrected chi connectivity index (χ0v) is 4.29. The van der Waals surface area contributed by atoms with E-state index in [-0.39, 0.29) is 0 Å². The highest BCUT2D eigenvalue weighted by Crippen LogP contribution is 1.77.